The topological polar surface area (TPSA) is 71.8 Å². The number of hydrogen-bond acceptors (Lipinski definition) is 4. The fourth-order valence-corrected chi connectivity index (χ4v) is 2.38. The molecule has 4 nitrogen and oxygen atoms in total. The number of benzene rings is 1. The van der Waals surface area contributed by atoms with E-state index in [9.17, 15) is 4.79 Å². The van der Waals surface area contributed by atoms with Crippen LogP contribution in [0.3, 0.4) is 0 Å². The van der Waals surface area contributed by atoms with Gasteiger partial charge in [-0.25, -0.2) is 4.98 Å². The van der Waals surface area contributed by atoms with Crippen molar-refractivity contribution < 1.29 is 0 Å². The number of hydrogen-bond donors (Lipinski definition) is 2. The van der Waals surface area contributed by atoms with Crippen LogP contribution in [0.5, 0.6) is 0 Å². The molecule has 0 radical (unpaired) electrons. The van der Waals surface area contributed by atoms with Gasteiger partial charge in [-0.05, 0) is 30.7 Å². The van der Waals surface area contributed by atoms with E-state index in [1.807, 2.05) is 19.1 Å². The van der Waals surface area contributed by atoms with Crippen LogP contribution in [-0.2, 0) is 0 Å². The molecule has 88 valence electrons. The highest BCUT2D eigenvalue weighted by molar-refractivity contribution is 7.99. The molecule has 0 aliphatic rings. The van der Waals surface area contributed by atoms with Crippen LogP contribution in [0.4, 0.5) is 5.95 Å². The van der Waals surface area contributed by atoms with Gasteiger partial charge in [0.15, 0.2) is 5.95 Å². The second-order valence-corrected chi connectivity index (χ2v) is 4.99. The van der Waals surface area contributed by atoms with Gasteiger partial charge in [0, 0.05) is 9.92 Å². The minimum absolute atomic E-state index is 0.118. The molecule has 1 aromatic heterocycles. The summed E-state index contributed by atoms with van der Waals surface area (Å²) in [6.07, 6.45) is 1.47. The fourth-order valence-electron chi connectivity index (χ4n) is 1.32. The maximum atomic E-state index is 11.6. The SMILES string of the molecule is Cc1cc(Cl)ccc1Sc1cnc(N)[nH]c1=O. The number of aromatic nitrogens is 2. The molecule has 1 heterocycles. The number of rotatable bonds is 2. The smallest absolute Gasteiger partial charge is 0.266 e. The molecule has 0 aliphatic carbocycles. The van der Waals surface area contributed by atoms with Gasteiger partial charge in [-0.2, -0.15) is 0 Å². The molecule has 1 aromatic carbocycles. The Balaban J connectivity index is 2.35. The minimum Gasteiger partial charge on any atom is -0.369 e. The zero-order chi connectivity index (χ0) is 12.4. The zero-order valence-corrected chi connectivity index (χ0v) is 10.6. The van der Waals surface area contributed by atoms with Gasteiger partial charge in [-0.3, -0.25) is 9.78 Å². The quantitative estimate of drug-likeness (QED) is 0.877. The van der Waals surface area contributed by atoms with Gasteiger partial charge in [-0.1, -0.05) is 23.4 Å². The van der Waals surface area contributed by atoms with Crippen molar-refractivity contribution in [3.8, 4) is 0 Å². The molecule has 6 heteroatoms. The van der Waals surface area contributed by atoms with Crippen molar-refractivity contribution in [2.45, 2.75) is 16.7 Å². The first-order valence-electron chi connectivity index (χ1n) is 4.85. The van der Waals surface area contributed by atoms with Crippen molar-refractivity contribution in [3.63, 3.8) is 0 Å². The number of aryl methyl sites for hydroxylation is 1. The average Bonchev–Trinajstić information content (AvgIpc) is 2.25. The van der Waals surface area contributed by atoms with Crippen molar-refractivity contribution >= 4 is 29.3 Å². The average molecular weight is 268 g/mol. The third-order valence-electron chi connectivity index (χ3n) is 2.14. The number of nitrogens with zero attached hydrogens (tertiary/aromatic N) is 1. The van der Waals surface area contributed by atoms with E-state index in [1.54, 1.807) is 6.07 Å². The Morgan fingerprint density at radius 1 is 1.41 bits per heavy atom. The van der Waals surface area contributed by atoms with Gasteiger partial charge in [0.05, 0.1) is 11.1 Å². The summed E-state index contributed by atoms with van der Waals surface area (Å²) < 4.78 is 0. The number of H-pyrrole nitrogens is 1. The summed E-state index contributed by atoms with van der Waals surface area (Å²) >= 11 is 7.20. The van der Waals surface area contributed by atoms with E-state index in [1.165, 1.54) is 18.0 Å². The number of halogens is 1. The molecule has 3 N–H and O–H groups in total. The van der Waals surface area contributed by atoms with Crippen molar-refractivity contribution in [2.75, 3.05) is 5.73 Å². The van der Waals surface area contributed by atoms with Crippen molar-refractivity contribution in [1.82, 2.24) is 9.97 Å². The van der Waals surface area contributed by atoms with Gasteiger partial charge >= 0.3 is 0 Å². The summed E-state index contributed by atoms with van der Waals surface area (Å²) in [6, 6.07) is 5.51. The molecule has 2 aromatic rings. The lowest BCUT2D eigenvalue weighted by Gasteiger charge is -2.05. The van der Waals surface area contributed by atoms with Crippen molar-refractivity contribution in [1.29, 1.82) is 0 Å². The molecular weight excluding hydrogens is 258 g/mol. The molecule has 0 amide bonds. The predicted molar refractivity (Wildman–Crippen MR) is 69.6 cm³/mol. The molecule has 0 aliphatic heterocycles. The Kier molecular flexibility index (Phi) is 3.40. The number of nitrogens with one attached hydrogen (secondary N) is 1. The van der Waals surface area contributed by atoms with E-state index in [4.69, 9.17) is 17.3 Å². The van der Waals surface area contributed by atoms with Crippen LogP contribution >= 0.6 is 23.4 Å². The standard InChI is InChI=1S/C11H10ClN3OS/c1-6-4-7(12)2-3-8(6)17-9-5-14-11(13)15-10(9)16/h2-5H,1H3,(H3,13,14,15,16). The first-order chi connectivity index (χ1) is 8.06. The predicted octanol–water partition coefficient (Wildman–Crippen LogP) is 2.47. The lowest BCUT2D eigenvalue weighted by atomic mass is 10.2. The van der Waals surface area contributed by atoms with E-state index < -0.39 is 0 Å². The Bertz CT molecular complexity index is 612. The van der Waals surface area contributed by atoms with Crippen LogP contribution in [0, 0.1) is 6.92 Å². The van der Waals surface area contributed by atoms with Gasteiger partial charge in [0.25, 0.3) is 5.56 Å². The van der Waals surface area contributed by atoms with Gasteiger partial charge < -0.3 is 5.73 Å². The first-order valence-corrected chi connectivity index (χ1v) is 6.04. The molecule has 0 bridgehead atoms. The van der Waals surface area contributed by atoms with E-state index in [0.29, 0.717) is 9.92 Å². The molecule has 2 rings (SSSR count). The molecule has 0 atom stereocenters. The normalized spacial score (nSPS) is 10.5. The molecule has 0 saturated heterocycles. The largest absolute Gasteiger partial charge is 0.369 e. The third-order valence-corrected chi connectivity index (χ3v) is 3.57. The summed E-state index contributed by atoms with van der Waals surface area (Å²) in [6.45, 7) is 1.94. The zero-order valence-electron chi connectivity index (χ0n) is 9.03. The van der Waals surface area contributed by atoms with E-state index in [-0.39, 0.29) is 11.5 Å². The van der Waals surface area contributed by atoms with E-state index >= 15 is 0 Å². The van der Waals surface area contributed by atoms with Crippen LogP contribution in [-0.4, -0.2) is 9.97 Å². The van der Waals surface area contributed by atoms with Crippen LogP contribution < -0.4 is 11.3 Å². The highest BCUT2D eigenvalue weighted by Gasteiger charge is 2.06. The number of aromatic amines is 1. The summed E-state index contributed by atoms with van der Waals surface area (Å²) in [5.74, 6) is 0.118. The Hall–Kier alpha value is -1.46. The number of nitrogen functional groups attached to an aromatic ring is 1. The van der Waals surface area contributed by atoms with Crippen LogP contribution in [0.25, 0.3) is 0 Å². The lowest BCUT2D eigenvalue weighted by molar-refractivity contribution is 1.05. The van der Waals surface area contributed by atoms with Crippen LogP contribution in [0.2, 0.25) is 5.02 Å². The summed E-state index contributed by atoms with van der Waals surface area (Å²) in [4.78, 5) is 19.4. The Morgan fingerprint density at radius 3 is 2.82 bits per heavy atom. The van der Waals surface area contributed by atoms with Crippen LogP contribution in [0.1, 0.15) is 5.56 Å². The first kappa shape index (κ1) is 12.0. The summed E-state index contributed by atoms with van der Waals surface area (Å²) in [7, 11) is 0. The van der Waals surface area contributed by atoms with Crippen LogP contribution in [0.15, 0.2) is 39.0 Å². The van der Waals surface area contributed by atoms with E-state index in [2.05, 4.69) is 9.97 Å². The molecular formula is C11H10ClN3OS. The van der Waals surface area contributed by atoms with Gasteiger partial charge in [0.2, 0.25) is 0 Å². The lowest BCUT2D eigenvalue weighted by Crippen LogP contribution is -2.12. The molecule has 0 unspecified atom stereocenters. The monoisotopic (exact) mass is 267 g/mol. The second kappa shape index (κ2) is 4.81. The minimum atomic E-state index is -0.239. The Labute approximate surface area is 107 Å². The maximum Gasteiger partial charge on any atom is 0.266 e. The highest BCUT2D eigenvalue weighted by atomic mass is 35.5. The third kappa shape index (κ3) is 2.81. The van der Waals surface area contributed by atoms with Crippen molar-refractivity contribution in [2.24, 2.45) is 0 Å². The highest BCUT2D eigenvalue weighted by Crippen LogP contribution is 2.29. The molecule has 0 fully saturated rings. The number of nitrogens with two attached hydrogens (primary N) is 1. The summed E-state index contributed by atoms with van der Waals surface area (Å²) in [5.41, 5.74) is 6.15. The second-order valence-electron chi connectivity index (χ2n) is 3.47. The van der Waals surface area contributed by atoms with Crippen molar-refractivity contribution in [3.05, 3.63) is 45.3 Å². The van der Waals surface area contributed by atoms with E-state index in [0.717, 1.165) is 10.5 Å². The number of anilines is 1. The molecule has 0 spiro atoms. The fraction of sp³-hybridized carbons (Fsp3) is 0.0909. The molecule has 17 heavy (non-hydrogen) atoms. The molecule has 0 saturated carbocycles. The van der Waals surface area contributed by atoms with Gasteiger partial charge in [0.1, 0.15) is 0 Å². The maximum absolute atomic E-state index is 11.6. The summed E-state index contributed by atoms with van der Waals surface area (Å²) in [5, 5.41) is 0.677. The Morgan fingerprint density at radius 2 is 2.18 bits per heavy atom. The van der Waals surface area contributed by atoms with Gasteiger partial charge in [-0.15, -0.1) is 0 Å².